The molecule has 0 atom stereocenters. The molecule has 0 fully saturated rings. The highest BCUT2D eigenvalue weighted by atomic mass is 16.3. The van der Waals surface area contributed by atoms with Crippen molar-refractivity contribution in [3.63, 3.8) is 0 Å². The predicted octanol–water partition coefficient (Wildman–Crippen LogP) is 1.34. The average molecular weight is 166 g/mol. The van der Waals surface area contributed by atoms with E-state index in [1.807, 2.05) is 10.8 Å². The average Bonchev–Trinajstić information content (AvgIpc) is 2.47. The molecule has 12 heavy (non-hydrogen) atoms. The van der Waals surface area contributed by atoms with E-state index in [2.05, 4.69) is 24.9 Å². The van der Waals surface area contributed by atoms with Crippen LogP contribution in [-0.4, -0.2) is 14.7 Å². The van der Waals surface area contributed by atoms with Crippen LogP contribution in [-0.2, 0) is 13.2 Å². The number of aromatic nitrogens is 2. The molecule has 0 amide bonds. The summed E-state index contributed by atoms with van der Waals surface area (Å²) < 4.78 is 1.92. The highest BCUT2D eigenvalue weighted by Gasteiger charge is 1.97. The molecule has 0 aromatic carbocycles. The molecule has 0 aliphatic heterocycles. The van der Waals surface area contributed by atoms with Crippen LogP contribution in [0.3, 0.4) is 0 Å². The van der Waals surface area contributed by atoms with Gasteiger partial charge in [-0.1, -0.05) is 11.6 Å². The maximum atomic E-state index is 8.87. The van der Waals surface area contributed by atoms with Gasteiger partial charge in [0.15, 0.2) is 0 Å². The minimum Gasteiger partial charge on any atom is -0.388 e. The summed E-state index contributed by atoms with van der Waals surface area (Å²) in [4.78, 5) is 4.00. The zero-order valence-corrected chi connectivity index (χ0v) is 7.49. The maximum absolute atomic E-state index is 8.87. The number of hydrogen-bond acceptors (Lipinski definition) is 2. The standard InChI is InChI=1S/C9H14N2O/c1-8(2)3-5-11-6-4-10-9(11)7-12/h3-4,6,12H,5,7H2,1-2H3. The number of rotatable bonds is 3. The summed E-state index contributed by atoms with van der Waals surface area (Å²) in [5.41, 5.74) is 1.27. The fourth-order valence-electron chi connectivity index (χ4n) is 0.939. The Morgan fingerprint density at radius 1 is 1.67 bits per heavy atom. The minimum atomic E-state index is 0.00357. The molecule has 66 valence electrons. The van der Waals surface area contributed by atoms with E-state index in [1.54, 1.807) is 6.20 Å². The van der Waals surface area contributed by atoms with Gasteiger partial charge in [-0.2, -0.15) is 0 Å². The smallest absolute Gasteiger partial charge is 0.134 e. The summed E-state index contributed by atoms with van der Waals surface area (Å²) >= 11 is 0. The van der Waals surface area contributed by atoms with E-state index in [0.717, 1.165) is 6.54 Å². The van der Waals surface area contributed by atoms with Crippen LogP contribution in [0.4, 0.5) is 0 Å². The first kappa shape index (κ1) is 9.00. The molecule has 1 aromatic rings. The van der Waals surface area contributed by atoms with E-state index in [1.165, 1.54) is 5.57 Å². The molecular weight excluding hydrogens is 152 g/mol. The van der Waals surface area contributed by atoms with Gasteiger partial charge >= 0.3 is 0 Å². The third-order valence-electron chi connectivity index (χ3n) is 1.64. The minimum absolute atomic E-state index is 0.00357. The fraction of sp³-hybridized carbons (Fsp3) is 0.444. The number of hydrogen-bond donors (Lipinski definition) is 1. The van der Waals surface area contributed by atoms with Crippen molar-refractivity contribution in [1.82, 2.24) is 9.55 Å². The Morgan fingerprint density at radius 3 is 3.00 bits per heavy atom. The summed E-state index contributed by atoms with van der Waals surface area (Å²) in [6.07, 6.45) is 5.66. The Bertz CT molecular complexity index is 272. The van der Waals surface area contributed by atoms with E-state index in [4.69, 9.17) is 5.11 Å². The zero-order chi connectivity index (χ0) is 8.97. The Kier molecular flexibility index (Phi) is 3.05. The molecule has 0 spiro atoms. The number of imidazole rings is 1. The quantitative estimate of drug-likeness (QED) is 0.688. The third kappa shape index (κ3) is 2.20. The van der Waals surface area contributed by atoms with Gasteiger partial charge in [0.1, 0.15) is 12.4 Å². The Morgan fingerprint density at radius 2 is 2.42 bits per heavy atom. The largest absolute Gasteiger partial charge is 0.388 e. The number of nitrogens with zero attached hydrogens (tertiary/aromatic N) is 2. The van der Waals surface area contributed by atoms with Crippen molar-refractivity contribution in [3.8, 4) is 0 Å². The molecule has 1 aromatic heterocycles. The lowest BCUT2D eigenvalue weighted by molar-refractivity contribution is 0.266. The van der Waals surface area contributed by atoms with Gasteiger partial charge in [-0.25, -0.2) is 4.98 Å². The maximum Gasteiger partial charge on any atom is 0.134 e. The monoisotopic (exact) mass is 166 g/mol. The van der Waals surface area contributed by atoms with Crippen molar-refractivity contribution in [3.05, 3.63) is 29.9 Å². The highest BCUT2D eigenvalue weighted by Crippen LogP contribution is 1.99. The van der Waals surface area contributed by atoms with E-state index in [-0.39, 0.29) is 6.61 Å². The summed E-state index contributed by atoms with van der Waals surface area (Å²) in [5, 5.41) is 8.87. The van der Waals surface area contributed by atoms with Crippen molar-refractivity contribution in [1.29, 1.82) is 0 Å². The fourth-order valence-corrected chi connectivity index (χ4v) is 0.939. The molecule has 1 heterocycles. The molecule has 3 nitrogen and oxygen atoms in total. The highest BCUT2D eigenvalue weighted by molar-refractivity contribution is 4.98. The lowest BCUT2D eigenvalue weighted by Gasteiger charge is -2.01. The summed E-state index contributed by atoms with van der Waals surface area (Å²) in [6.45, 7) is 4.90. The van der Waals surface area contributed by atoms with Crippen molar-refractivity contribution < 1.29 is 5.11 Å². The second kappa shape index (κ2) is 4.07. The van der Waals surface area contributed by atoms with Crippen molar-refractivity contribution in [2.24, 2.45) is 0 Å². The second-order valence-corrected chi connectivity index (χ2v) is 2.94. The third-order valence-corrected chi connectivity index (χ3v) is 1.64. The molecule has 0 unspecified atom stereocenters. The van der Waals surface area contributed by atoms with Gasteiger partial charge in [-0.3, -0.25) is 0 Å². The van der Waals surface area contributed by atoms with E-state index in [9.17, 15) is 0 Å². The molecule has 0 aliphatic carbocycles. The van der Waals surface area contributed by atoms with Gasteiger partial charge < -0.3 is 9.67 Å². The van der Waals surface area contributed by atoms with Crippen LogP contribution in [0.1, 0.15) is 19.7 Å². The van der Waals surface area contributed by atoms with Gasteiger partial charge in [0.2, 0.25) is 0 Å². The molecule has 0 bridgehead atoms. The van der Waals surface area contributed by atoms with Crippen LogP contribution in [0.25, 0.3) is 0 Å². The van der Waals surface area contributed by atoms with Gasteiger partial charge in [-0.15, -0.1) is 0 Å². The first-order valence-corrected chi connectivity index (χ1v) is 3.98. The van der Waals surface area contributed by atoms with Crippen molar-refractivity contribution in [2.75, 3.05) is 0 Å². The van der Waals surface area contributed by atoms with Crippen LogP contribution in [0.2, 0.25) is 0 Å². The van der Waals surface area contributed by atoms with E-state index < -0.39 is 0 Å². The molecular formula is C9H14N2O. The lowest BCUT2D eigenvalue weighted by atomic mass is 10.3. The Labute approximate surface area is 72.4 Å². The lowest BCUT2D eigenvalue weighted by Crippen LogP contribution is -2.01. The molecule has 1 N–H and O–H groups in total. The van der Waals surface area contributed by atoms with Gasteiger partial charge in [0.05, 0.1) is 0 Å². The summed E-state index contributed by atoms with van der Waals surface area (Å²) in [5.74, 6) is 0.715. The van der Waals surface area contributed by atoms with E-state index >= 15 is 0 Å². The molecule has 0 saturated heterocycles. The van der Waals surface area contributed by atoms with Gasteiger partial charge in [-0.05, 0) is 13.8 Å². The zero-order valence-electron chi connectivity index (χ0n) is 7.49. The van der Waals surface area contributed by atoms with E-state index in [0.29, 0.717) is 5.82 Å². The van der Waals surface area contributed by atoms with Crippen LogP contribution in [0, 0.1) is 0 Å². The molecule has 0 saturated carbocycles. The summed E-state index contributed by atoms with van der Waals surface area (Å²) in [6, 6.07) is 0. The topological polar surface area (TPSA) is 38.0 Å². The summed E-state index contributed by atoms with van der Waals surface area (Å²) in [7, 11) is 0. The Hall–Kier alpha value is -1.09. The number of aliphatic hydroxyl groups is 1. The normalized spacial score (nSPS) is 9.92. The van der Waals surface area contributed by atoms with Crippen LogP contribution in [0.15, 0.2) is 24.0 Å². The van der Waals surface area contributed by atoms with Gasteiger partial charge in [0, 0.05) is 18.9 Å². The SMILES string of the molecule is CC(C)=CCn1ccnc1CO. The van der Waals surface area contributed by atoms with Crippen LogP contribution < -0.4 is 0 Å². The first-order valence-electron chi connectivity index (χ1n) is 3.98. The van der Waals surface area contributed by atoms with Crippen LogP contribution in [0.5, 0.6) is 0 Å². The van der Waals surface area contributed by atoms with Gasteiger partial charge in [0.25, 0.3) is 0 Å². The van der Waals surface area contributed by atoms with Crippen molar-refractivity contribution in [2.45, 2.75) is 27.0 Å². The second-order valence-electron chi connectivity index (χ2n) is 2.94. The number of allylic oxidation sites excluding steroid dienone is 2. The molecule has 1 rings (SSSR count). The molecule has 0 aliphatic rings. The predicted molar refractivity (Wildman–Crippen MR) is 47.6 cm³/mol. The van der Waals surface area contributed by atoms with Crippen molar-refractivity contribution >= 4 is 0 Å². The molecule has 3 heteroatoms. The Balaban J connectivity index is 2.68. The van der Waals surface area contributed by atoms with Crippen LogP contribution >= 0.6 is 0 Å². The number of aliphatic hydroxyl groups excluding tert-OH is 1. The first-order chi connectivity index (χ1) is 5.74. The molecule has 0 radical (unpaired) electrons.